The summed E-state index contributed by atoms with van der Waals surface area (Å²) in [4.78, 5) is 3.19. The molecule has 1 rings (SSSR count). The SMILES string of the molecule is [CH2-]N1CCN(CC(F)(F)F)CC1. The Balaban J connectivity index is 2.26. The van der Waals surface area contributed by atoms with E-state index < -0.39 is 12.7 Å². The molecule has 0 atom stereocenters. The average Bonchev–Trinajstić information content (AvgIpc) is 1.91. The van der Waals surface area contributed by atoms with Crippen molar-refractivity contribution in [1.82, 2.24) is 9.80 Å². The highest BCUT2D eigenvalue weighted by Crippen LogP contribution is 2.17. The van der Waals surface area contributed by atoms with Crippen LogP contribution in [-0.4, -0.2) is 48.7 Å². The van der Waals surface area contributed by atoms with Gasteiger partial charge in [0.2, 0.25) is 0 Å². The molecule has 0 unspecified atom stereocenters. The summed E-state index contributed by atoms with van der Waals surface area (Å²) in [5, 5.41) is 0. The lowest BCUT2D eigenvalue weighted by Crippen LogP contribution is -2.47. The molecule has 0 aromatic rings. The van der Waals surface area contributed by atoms with E-state index in [9.17, 15) is 13.2 Å². The summed E-state index contributed by atoms with van der Waals surface area (Å²) in [5.74, 6) is 0. The van der Waals surface area contributed by atoms with Gasteiger partial charge in [-0.1, -0.05) is 0 Å². The Labute approximate surface area is 69.9 Å². The van der Waals surface area contributed by atoms with Crippen LogP contribution >= 0.6 is 0 Å². The fraction of sp³-hybridized carbons (Fsp3) is 0.857. The second kappa shape index (κ2) is 3.62. The Bertz CT molecular complexity index is 138. The first kappa shape index (κ1) is 9.80. The monoisotopic (exact) mass is 181 g/mol. The van der Waals surface area contributed by atoms with E-state index in [1.54, 1.807) is 4.90 Å². The molecule has 0 aromatic carbocycles. The van der Waals surface area contributed by atoms with Crippen molar-refractivity contribution in [2.24, 2.45) is 0 Å². The van der Waals surface area contributed by atoms with Crippen molar-refractivity contribution in [1.29, 1.82) is 0 Å². The van der Waals surface area contributed by atoms with Crippen molar-refractivity contribution in [3.63, 3.8) is 0 Å². The topological polar surface area (TPSA) is 6.48 Å². The van der Waals surface area contributed by atoms with Gasteiger partial charge in [-0.25, -0.2) is 0 Å². The van der Waals surface area contributed by atoms with Crippen LogP contribution in [0.1, 0.15) is 0 Å². The van der Waals surface area contributed by atoms with Crippen LogP contribution < -0.4 is 0 Å². The van der Waals surface area contributed by atoms with E-state index in [4.69, 9.17) is 0 Å². The quantitative estimate of drug-likeness (QED) is 0.556. The first-order valence-corrected chi connectivity index (χ1v) is 3.82. The predicted octanol–water partition coefficient (Wildman–Crippen LogP) is 0.958. The summed E-state index contributed by atoms with van der Waals surface area (Å²) >= 11 is 0. The fourth-order valence-electron chi connectivity index (χ4n) is 1.20. The molecule has 72 valence electrons. The molecule has 0 spiro atoms. The molecule has 0 aliphatic carbocycles. The van der Waals surface area contributed by atoms with Gasteiger partial charge in [0.15, 0.2) is 0 Å². The highest BCUT2D eigenvalue weighted by molar-refractivity contribution is 4.72. The minimum atomic E-state index is -4.07. The van der Waals surface area contributed by atoms with Gasteiger partial charge in [-0.2, -0.15) is 13.2 Å². The van der Waals surface area contributed by atoms with E-state index in [0.29, 0.717) is 26.2 Å². The molecule has 1 aliphatic heterocycles. The van der Waals surface area contributed by atoms with Gasteiger partial charge in [-0.3, -0.25) is 11.9 Å². The maximum absolute atomic E-state index is 11.9. The zero-order valence-electron chi connectivity index (χ0n) is 6.77. The van der Waals surface area contributed by atoms with Crippen molar-refractivity contribution in [3.05, 3.63) is 7.05 Å². The maximum Gasteiger partial charge on any atom is 0.401 e. The van der Waals surface area contributed by atoms with E-state index in [-0.39, 0.29) is 0 Å². The van der Waals surface area contributed by atoms with Crippen LogP contribution in [0.4, 0.5) is 13.2 Å². The molecule has 1 saturated heterocycles. The van der Waals surface area contributed by atoms with Gasteiger partial charge in [-0.15, -0.1) is 0 Å². The van der Waals surface area contributed by atoms with Gasteiger partial charge in [0, 0.05) is 13.1 Å². The van der Waals surface area contributed by atoms with Crippen molar-refractivity contribution < 1.29 is 13.2 Å². The van der Waals surface area contributed by atoms with Gasteiger partial charge >= 0.3 is 6.18 Å². The van der Waals surface area contributed by atoms with Crippen LogP contribution in [0.15, 0.2) is 0 Å². The Hall–Kier alpha value is -0.290. The molecule has 0 saturated carbocycles. The average molecular weight is 181 g/mol. The van der Waals surface area contributed by atoms with E-state index in [1.165, 1.54) is 4.90 Å². The zero-order chi connectivity index (χ0) is 9.19. The molecule has 0 radical (unpaired) electrons. The molecule has 5 heteroatoms. The standard InChI is InChI=1S/C7H12F3N2/c1-11-2-4-12(5-3-11)6-7(8,9)10/h1-6H2/q-1. The zero-order valence-corrected chi connectivity index (χ0v) is 6.77. The lowest BCUT2D eigenvalue weighted by molar-refractivity contribution is -0.148. The third-order valence-corrected chi connectivity index (χ3v) is 1.87. The third kappa shape index (κ3) is 3.40. The highest BCUT2D eigenvalue weighted by Gasteiger charge is 2.30. The number of piperazine rings is 1. The normalized spacial score (nSPS) is 23.0. The molecule has 0 N–H and O–H groups in total. The van der Waals surface area contributed by atoms with Crippen LogP contribution in [-0.2, 0) is 0 Å². The molecule has 0 bridgehead atoms. The van der Waals surface area contributed by atoms with E-state index >= 15 is 0 Å². The summed E-state index contributed by atoms with van der Waals surface area (Å²) in [5.41, 5.74) is 0. The van der Waals surface area contributed by atoms with E-state index in [1.807, 2.05) is 0 Å². The fourth-order valence-corrected chi connectivity index (χ4v) is 1.20. The van der Waals surface area contributed by atoms with Crippen LogP contribution in [0.2, 0.25) is 0 Å². The second-order valence-corrected chi connectivity index (χ2v) is 3.01. The van der Waals surface area contributed by atoms with Crippen molar-refractivity contribution >= 4 is 0 Å². The number of rotatable bonds is 1. The smallest absolute Gasteiger partial charge is 0.401 e. The van der Waals surface area contributed by atoms with Gasteiger partial charge in [0.25, 0.3) is 0 Å². The number of hydrogen-bond acceptors (Lipinski definition) is 2. The minimum absolute atomic E-state index is 0.461. The molecule has 2 nitrogen and oxygen atoms in total. The summed E-state index contributed by atoms with van der Waals surface area (Å²) in [6.07, 6.45) is -4.07. The second-order valence-electron chi connectivity index (χ2n) is 3.01. The van der Waals surface area contributed by atoms with Gasteiger partial charge < -0.3 is 4.90 Å². The van der Waals surface area contributed by atoms with E-state index in [0.717, 1.165) is 0 Å². The molecule has 1 heterocycles. The Morgan fingerprint density at radius 3 is 2.00 bits per heavy atom. The van der Waals surface area contributed by atoms with Gasteiger partial charge in [0.05, 0.1) is 6.54 Å². The van der Waals surface area contributed by atoms with Gasteiger partial charge in [0.1, 0.15) is 0 Å². The summed E-state index contributed by atoms with van der Waals surface area (Å²) in [6.45, 7) is 1.37. The maximum atomic E-state index is 11.9. The largest absolute Gasteiger partial charge is 0.457 e. The van der Waals surface area contributed by atoms with Crippen LogP contribution in [0, 0.1) is 7.05 Å². The lowest BCUT2D eigenvalue weighted by Gasteiger charge is -2.37. The molecule has 1 aliphatic rings. The molecular weight excluding hydrogens is 169 g/mol. The Kier molecular flexibility index (Phi) is 2.95. The van der Waals surface area contributed by atoms with Gasteiger partial charge in [-0.05, 0) is 13.1 Å². The van der Waals surface area contributed by atoms with Crippen molar-refractivity contribution in [2.45, 2.75) is 6.18 Å². The summed E-state index contributed by atoms with van der Waals surface area (Å²) in [6, 6.07) is 0. The summed E-state index contributed by atoms with van der Waals surface area (Å²) in [7, 11) is 3.65. The number of hydrogen-bond donors (Lipinski definition) is 0. The molecule has 0 aromatic heterocycles. The third-order valence-electron chi connectivity index (χ3n) is 1.87. The minimum Gasteiger partial charge on any atom is -0.457 e. The summed E-state index contributed by atoms with van der Waals surface area (Å²) < 4.78 is 35.6. The molecular formula is C7H12F3N2-. The first-order valence-electron chi connectivity index (χ1n) is 3.82. The Morgan fingerprint density at radius 1 is 1.08 bits per heavy atom. The molecule has 0 amide bonds. The predicted molar refractivity (Wildman–Crippen MR) is 39.4 cm³/mol. The molecule has 12 heavy (non-hydrogen) atoms. The number of nitrogens with zero attached hydrogens (tertiary/aromatic N) is 2. The number of halogens is 3. The lowest BCUT2D eigenvalue weighted by atomic mass is 10.3. The Morgan fingerprint density at radius 2 is 1.58 bits per heavy atom. The van der Waals surface area contributed by atoms with E-state index in [2.05, 4.69) is 7.05 Å². The molecule has 1 fully saturated rings. The highest BCUT2D eigenvalue weighted by atomic mass is 19.4. The van der Waals surface area contributed by atoms with Crippen LogP contribution in [0.5, 0.6) is 0 Å². The first-order chi connectivity index (χ1) is 5.47. The van der Waals surface area contributed by atoms with Crippen LogP contribution in [0.25, 0.3) is 0 Å². The van der Waals surface area contributed by atoms with Crippen molar-refractivity contribution in [2.75, 3.05) is 32.7 Å². The van der Waals surface area contributed by atoms with Crippen LogP contribution in [0.3, 0.4) is 0 Å². The number of alkyl halides is 3. The van der Waals surface area contributed by atoms with Crippen molar-refractivity contribution in [3.8, 4) is 0 Å².